The van der Waals surface area contributed by atoms with E-state index >= 15 is 0 Å². The molecule has 0 saturated heterocycles. The largest absolute Gasteiger partial charge is 0.456 e. The summed E-state index contributed by atoms with van der Waals surface area (Å²) in [4.78, 5) is 25.9. The Balaban J connectivity index is 0.872. The summed E-state index contributed by atoms with van der Waals surface area (Å²) in [7, 11) is 0. The van der Waals surface area contributed by atoms with E-state index in [-0.39, 0.29) is 0 Å². The Bertz CT molecular complexity index is 4410. The van der Waals surface area contributed by atoms with Crippen LogP contribution in [-0.4, -0.2) is 24.9 Å². The first-order chi connectivity index (χ1) is 35.6. The molecule has 336 valence electrons. The Morgan fingerprint density at radius 3 is 1.39 bits per heavy atom. The van der Waals surface area contributed by atoms with Gasteiger partial charge in [-0.2, -0.15) is 0 Å². The molecule has 72 heavy (non-hydrogen) atoms. The van der Waals surface area contributed by atoms with Gasteiger partial charge in [0.25, 0.3) is 0 Å². The maximum atomic E-state index is 6.38. The van der Waals surface area contributed by atoms with Crippen molar-refractivity contribution in [1.82, 2.24) is 24.9 Å². The average Bonchev–Trinajstić information content (AvgIpc) is 4.04. The number of fused-ring (bicyclic) bond motifs is 8. The molecule has 0 fully saturated rings. The lowest BCUT2D eigenvalue weighted by Gasteiger charge is -2.12. The SMILES string of the molecule is c1ccc(-c2cccc(-c3nc(-c4cccc(-c5cccc(-c6cc(-c7ccc8oc9ccc%10ccccc%10c9c8c7)nc(-c7ccccc7)n6)c5)c4)nc(-c4ccc5c(c4)oc4ccccc45)n3)c2)cc1. The number of para-hydroxylation sites is 1. The highest BCUT2D eigenvalue weighted by Crippen LogP contribution is 2.39. The second kappa shape index (κ2) is 17.0. The van der Waals surface area contributed by atoms with E-state index in [1.165, 1.54) is 5.39 Å². The number of nitrogens with zero attached hydrogens (tertiary/aromatic N) is 5. The van der Waals surface area contributed by atoms with Gasteiger partial charge in [-0.25, -0.2) is 24.9 Å². The van der Waals surface area contributed by atoms with Crippen LogP contribution in [0.2, 0.25) is 0 Å². The first kappa shape index (κ1) is 41.2. The summed E-state index contributed by atoms with van der Waals surface area (Å²) < 4.78 is 12.7. The standard InChI is InChI=1S/C65H39N5O2/c1-3-14-40(15-4-1)43-19-12-23-48(35-43)63-68-64(70-65(69-63)50-28-31-53-52-26-9-10-27-57(52)72-60(53)38-50)49-24-13-21-45(36-49)44-20-11-22-46(34-44)55-39-56(67-62(66-55)42-17-5-2-6-18-42)47-30-32-58-54(37-47)61-51-25-8-7-16-41(51)29-33-59(61)71-58/h1-39H. The Kier molecular flexibility index (Phi) is 9.70. The molecule has 0 atom stereocenters. The third kappa shape index (κ3) is 7.36. The predicted octanol–water partition coefficient (Wildman–Crippen LogP) is 16.9. The smallest absolute Gasteiger partial charge is 0.164 e. The van der Waals surface area contributed by atoms with E-state index in [0.717, 1.165) is 116 Å². The number of hydrogen-bond acceptors (Lipinski definition) is 7. The zero-order valence-corrected chi connectivity index (χ0v) is 38.6. The number of aromatic nitrogens is 5. The quantitative estimate of drug-likeness (QED) is 0.150. The van der Waals surface area contributed by atoms with Gasteiger partial charge in [0, 0.05) is 54.9 Å². The van der Waals surface area contributed by atoms with Crippen LogP contribution in [0.1, 0.15) is 0 Å². The van der Waals surface area contributed by atoms with Gasteiger partial charge in [-0.3, -0.25) is 0 Å². The zero-order valence-electron chi connectivity index (χ0n) is 38.6. The molecule has 0 amide bonds. The van der Waals surface area contributed by atoms with Crippen molar-refractivity contribution >= 4 is 54.6 Å². The Morgan fingerprint density at radius 2 is 0.681 bits per heavy atom. The number of furan rings is 2. The van der Waals surface area contributed by atoms with E-state index in [1.54, 1.807) is 0 Å². The van der Waals surface area contributed by atoms with Crippen LogP contribution in [0.25, 0.3) is 145 Å². The van der Waals surface area contributed by atoms with Gasteiger partial charge in [-0.1, -0.05) is 170 Å². The summed E-state index contributed by atoms with van der Waals surface area (Å²) in [5.41, 5.74) is 14.6. The van der Waals surface area contributed by atoms with Gasteiger partial charge in [0.2, 0.25) is 0 Å². The summed E-state index contributed by atoms with van der Waals surface area (Å²) >= 11 is 0. The van der Waals surface area contributed by atoms with E-state index < -0.39 is 0 Å². The van der Waals surface area contributed by atoms with Crippen molar-refractivity contribution in [2.75, 3.05) is 0 Å². The first-order valence-electron chi connectivity index (χ1n) is 24.0. The van der Waals surface area contributed by atoms with Crippen LogP contribution < -0.4 is 0 Å². The van der Waals surface area contributed by atoms with Gasteiger partial charge < -0.3 is 8.83 Å². The Morgan fingerprint density at radius 1 is 0.222 bits per heavy atom. The molecule has 7 nitrogen and oxygen atoms in total. The molecule has 0 bridgehead atoms. The molecular weight excluding hydrogens is 883 g/mol. The monoisotopic (exact) mass is 921 g/mol. The highest BCUT2D eigenvalue weighted by atomic mass is 16.3. The Labute approximate surface area is 413 Å². The topological polar surface area (TPSA) is 90.7 Å². The van der Waals surface area contributed by atoms with Crippen molar-refractivity contribution in [3.63, 3.8) is 0 Å². The van der Waals surface area contributed by atoms with Gasteiger partial charge in [0.1, 0.15) is 22.3 Å². The van der Waals surface area contributed by atoms with E-state index in [4.69, 9.17) is 33.8 Å². The van der Waals surface area contributed by atoms with Crippen LogP contribution in [-0.2, 0) is 0 Å². The molecule has 0 aliphatic heterocycles. The molecule has 4 heterocycles. The minimum Gasteiger partial charge on any atom is -0.456 e. The van der Waals surface area contributed by atoms with Crippen LogP contribution >= 0.6 is 0 Å². The molecule has 0 radical (unpaired) electrons. The summed E-state index contributed by atoms with van der Waals surface area (Å²) in [6.07, 6.45) is 0. The van der Waals surface area contributed by atoms with Gasteiger partial charge in [-0.15, -0.1) is 0 Å². The highest BCUT2D eigenvalue weighted by Gasteiger charge is 2.18. The van der Waals surface area contributed by atoms with Crippen molar-refractivity contribution in [2.45, 2.75) is 0 Å². The average molecular weight is 922 g/mol. The van der Waals surface area contributed by atoms with Crippen molar-refractivity contribution < 1.29 is 8.83 Å². The molecule has 0 saturated carbocycles. The fourth-order valence-electron chi connectivity index (χ4n) is 9.96. The minimum absolute atomic E-state index is 0.553. The molecule has 0 aliphatic rings. The number of rotatable bonds is 8. The van der Waals surface area contributed by atoms with Crippen molar-refractivity contribution in [3.05, 3.63) is 237 Å². The molecule has 0 N–H and O–H groups in total. The van der Waals surface area contributed by atoms with E-state index in [1.807, 2.05) is 48.5 Å². The third-order valence-corrected chi connectivity index (χ3v) is 13.5. The molecule has 0 aliphatic carbocycles. The zero-order chi connectivity index (χ0) is 47.5. The third-order valence-electron chi connectivity index (χ3n) is 13.5. The molecule has 4 aromatic heterocycles. The predicted molar refractivity (Wildman–Crippen MR) is 291 cm³/mol. The molecule has 14 aromatic rings. The van der Waals surface area contributed by atoms with Crippen molar-refractivity contribution in [2.24, 2.45) is 0 Å². The van der Waals surface area contributed by atoms with E-state index in [9.17, 15) is 0 Å². The Hall–Kier alpha value is -9.85. The molecule has 0 unspecified atom stereocenters. The lowest BCUT2D eigenvalue weighted by molar-refractivity contribution is 0.668. The molecule has 10 aromatic carbocycles. The number of hydrogen-bond donors (Lipinski definition) is 0. The highest BCUT2D eigenvalue weighted by molar-refractivity contribution is 6.19. The van der Waals surface area contributed by atoms with Crippen molar-refractivity contribution in [1.29, 1.82) is 0 Å². The van der Waals surface area contributed by atoms with Crippen molar-refractivity contribution in [3.8, 4) is 90.3 Å². The molecule has 0 spiro atoms. The lowest BCUT2D eigenvalue weighted by atomic mass is 9.98. The number of benzene rings is 10. The minimum atomic E-state index is 0.553. The molecule has 7 heteroatoms. The maximum absolute atomic E-state index is 6.38. The van der Waals surface area contributed by atoms with E-state index in [2.05, 4.69) is 188 Å². The van der Waals surface area contributed by atoms with Crippen LogP contribution in [0.5, 0.6) is 0 Å². The summed E-state index contributed by atoms with van der Waals surface area (Å²) in [5, 5.41) is 6.59. The molecule has 14 rings (SSSR count). The normalized spacial score (nSPS) is 11.6. The second-order valence-electron chi connectivity index (χ2n) is 18.0. The van der Waals surface area contributed by atoms with Crippen LogP contribution in [0, 0.1) is 0 Å². The fraction of sp³-hybridized carbons (Fsp3) is 0. The van der Waals surface area contributed by atoms with Gasteiger partial charge in [0.15, 0.2) is 23.3 Å². The van der Waals surface area contributed by atoms with Crippen LogP contribution in [0.4, 0.5) is 0 Å². The summed E-state index contributed by atoms with van der Waals surface area (Å²) in [6, 6.07) is 81.2. The molecular formula is C65H39N5O2. The van der Waals surface area contributed by atoms with E-state index in [0.29, 0.717) is 23.3 Å². The first-order valence-corrected chi connectivity index (χ1v) is 24.0. The van der Waals surface area contributed by atoms with Crippen LogP contribution in [0.15, 0.2) is 245 Å². The second-order valence-corrected chi connectivity index (χ2v) is 18.0. The summed E-state index contributed by atoms with van der Waals surface area (Å²) in [6.45, 7) is 0. The summed E-state index contributed by atoms with van der Waals surface area (Å²) in [5.74, 6) is 2.34. The lowest BCUT2D eigenvalue weighted by Crippen LogP contribution is -2.00. The van der Waals surface area contributed by atoms with Gasteiger partial charge in [0.05, 0.1) is 11.4 Å². The van der Waals surface area contributed by atoms with Gasteiger partial charge in [-0.05, 0) is 99.8 Å². The van der Waals surface area contributed by atoms with Crippen LogP contribution in [0.3, 0.4) is 0 Å². The maximum Gasteiger partial charge on any atom is 0.164 e. The fourth-order valence-corrected chi connectivity index (χ4v) is 9.96. The van der Waals surface area contributed by atoms with Gasteiger partial charge >= 0.3 is 0 Å².